The minimum atomic E-state index is -0.729. The Bertz CT molecular complexity index is 737. The third-order valence-electron chi connectivity index (χ3n) is 2.82. The van der Waals surface area contributed by atoms with Gasteiger partial charge in [0.05, 0.1) is 16.6 Å². The van der Waals surface area contributed by atoms with Crippen molar-refractivity contribution in [3.8, 4) is 0 Å². The van der Waals surface area contributed by atoms with Crippen LogP contribution in [0.15, 0.2) is 12.1 Å². The van der Waals surface area contributed by atoms with E-state index < -0.39 is 17.8 Å². The van der Waals surface area contributed by atoms with Crippen LogP contribution in [0.5, 0.6) is 0 Å². The van der Waals surface area contributed by atoms with Gasteiger partial charge in [-0.25, -0.2) is 4.39 Å². The number of rotatable bonds is 3. The van der Waals surface area contributed by atoms with Crippen molar-refractivity contribution in [2.45, 2.75) is 13.0 Å². The number of amides is 2. The van der Waals surface area contributed by atoms with Gasteiger partial charge in [0.2, 0.25) is 5.91 Å². The summed E-state index contributed by atoms with van der Waals surface area (Å²) in [6, 6.07) is 1.60. The fraction of sp³-hybridized carbons (Fsp3) is 0.250. The molecular formula is C12H13FN4O2S. The van der Waals surface area contributed by atoms with Gasteiger partial charge in [-0.05, 0) is 31.3 Å². The number of hydrogen-bond donors (Lipinski definition) is 4. The zero-order valence-electron chi connectivity index (χ0n) is 10.8. The summed E-state index contributed by atoms with van der Waals surface area (Å²) in [7, 11) is 1.47. The van der Waals surface area contributed by atoms with E-state index in [1.807, 2.05) is 0 Å². The predicted molar refractivity (Wildman–Crippen MR) is 74.4 cm³/mol. The summed E-state index contributed by atoms with van der Waals surface area (Å²) in [6.45, 7) is 1.53. The first-order chi connectivity index (χ1) is 9.42. The van der Waals surface area contributed by atoms with E-state index >= 15 is 0 Å². The molecule has 0 aliphatic rings. The van der Waals surface area contributed by atoms with Gasteiger partial charge in [0.15, 0.2) is 4.77 Å². The molecule has 106 valence electrons. The van der Waals surface area contributed by atoms with Crippen molar-refractivity contribution in [1.29, 1.82) is 0 Å². The number of benzene rings is 1. The van der Waals surface area contributed by atoms with Crippen molar-refractivity contribution in [2.75, 3.05) is 7.05 Å². The molecule has 8 heteroatoms. The SMILES string of the molecule is CNC(=O)C(C)NC(=O)c1cc(F)cc2[nH]c(=S)[nH]c12. The summed E-state index contributed by atoms with van der Waals surface area (Å²) in [5.41, 5.74) is 0.883. The minimum absolute atomic E-state index is 0.0862. The Morgan fingerprint density at radius 2 is 2.05 bits per heavy atom. The second-order valence-electron chi connectivity index (χ2n) is 4.26. The summed E-state index contributed by atoms with van der Waals surface area (Å²) in [5.74, 6) is -1.47. The third kappa shape index (κ3) is 2.69. The van der Waals surface area contributed by atoms with Crippen LogP contribution in [0.4, 0.5) is 4.39 Å². The van der Waals surface area contributed by atoms with Crippen molar-refractivity contribution < 1.29 is 14.0 Å². The average molecular weight is 296 g/mol. The van der Waals surface area contributed by atoms with Gasteiger partial charge in [-0.2, -0.15) is 0 Å². The van der Waals surface area contributed by atoms with Gasteiger partial charge in [0, 0.05) is 7.05 Å². The molecule has 0 saturated heterocycles. The van der Waals surface area contributed by atoms with E-state index in [1.165, 1.54) is 20.0 Å². The first kappa shape index (κ1) is 14.2. The van der Waals surface area contributed by atoms with E-state index in [2.05, 4.69) is 20.6 Å². The zero-order chi connectivity index (χ0) is 14.9. The van der Waals surface area contributed by atoms with Crippen molar-refractivity contribution in [2.24, 2.45) is 0 Å². The number of fused-ring (bicyclic) bond motifs is 1. The standard InChI is InChI=1S/C12H13FN4O2S/c1-5(10(18)14-2)15-11(19)7-3-6(13)4-8-9(7)17-12(20)16-8/h3-5H,1-2H3,(H,14,18)(H,15,19)(H2,16,17,20). The maximum absolute atomic E-state index is 13.5. The average Bonchev–Trinajstić information content (AvgIpc) is 2.76. The lowest BCUT2D eigenvalue weighted by Crippen LogP contribution is -2.43. The summed E-state index contributed by atoms with van der Waals surface area (Å²) in [4.78, 5) is 29.0. The molecule has 1 aromatic heterocycles. The topological polar surface area (TPSA) is 89.8 Å². The predicted octanol–water partition coefficient (Wildman–Crippen LogP) is 1.23. The molecule has 0 fully saturated rings. The van der Waals surface area contributed by atoms with Crippen LogP contribution in [-0.4, -0.2) is 34.9 Å². The van der Waals surface area contributed by atoms with E-state index in [0.29, 0.717) is 15.8 Å². The molecule has 1 aromatic carbocycles. The van der Waals surface area contributed by atoms with Crippen molar-refractivity contribution in [3.63, 3.8) is 0 Å². The maximum atomic E-state index is 13.5. The molecule has 2 rings (SSSR count). The molecule has 1 atom stereocenters. The fourth-order valence-electron chi connectivity index (χ4n) is 1.84. The summed E-state index contributed by atoms with van der Waals surface area (Å²) in [6.07, 6.45) is 0. The van der Waals surface area contributed by atoms with Gasteiger partial charge in [0.1, 0.15) is 11.9 Å². The van der Waals surface area contributed by atoms with Crippen LogP contribution in [0.3, 0.4) is 0 Å². The van der Waals surface area contributed by atoms with Crippen molar-refractivity contribution in [3.05, 3.63) is 28.3 Å². The normalized spacial score (nSPS) is 12.2. The molecule has 0 radical (unpaired) electrons. The number of carbonyl (C=O) groups is 2. The molecule has 0 spiro atoms. The molecule has 2 aromatic rings. The van der Waals surface area contributed by atoms with Gasteiger partial charge in [0.25, 0.3) is 5.91 Å². The van der Waals surface area contributed by atoms with Crippen LogP contribution in [0.25, 0.3) is 11.0 Å². The zero-order valence-corrected chi connectivity index (χ0v) is 11.7. The number of likely N-dealkylation sites (N-methyl/N-ethyl adjacent to an activating group) is 1. The van der Waals surface area contributed by atoms with Crippen LogP contribution in [0, 0.1) is 10.6 Å². The van der Waals surface area contributed by atoms with Crippen LogP contribution in [0.2, 0.25) is 0 Å². The first-order valence-corrected chi connectivity index (χ1v) is 6.27. The van der Waals surface area contributed by atoms with E-state index in [-0.39, 0.29) is 11.5 Å². The second kappa shape index (κ2) is 5.41. The van der Waals surface area contributed by atoms with Gasteiger partial charge in [-0.15, -0.1) is 0 Å². The van der Waals surface area contributed by atoms with Crippen LogP contribution < -0.4 is 10.6 Å². The van der Waals surface area contributed by atoms with Crippen molar-refractivity contribution >= 4 is 35.1 Å². The monoisotopic (exact) mass is 296 g/mol. The lowest BCUT2D eigenvalue weighted by atomic mass is 10.1. The molecule has 0 aliphatic carbocycles. The van der Waals surface area contributed by atoms with Crippen molar-refractivity contribution in [1.82, 2.24) is 20.6 Å². The first-order valence-electron chi connectivity index (χ1n) is 5.86. The quantitative estimate of drug-likeness (QED) is 0.642. The molecule has 1 unspecified atom stereocenters. The number of imidazole rings is 1. The second-order valence-corrected chi connectivity index (χ2v) is 4.67. The fourth-order valence-corrected chi connectivity index (χ4v) is 2.05. The Morgan fingerprint density at radius 1 is 1.35 bits per heavy atom. The molecule has 0 aliphatic heterocycles. The van der Waals surface area contributed by atoms with Gasteiger partial charge < -0.3 is 20.6 Å². The Kier molecular flexibility index (Phi) is 3.84. The van der Waals surface area contributed by atoms with Crippen LogP contribution in [-0.2, 0) is 4.79 Å². The Morgan fingerprint density at radius 3 is 2.70 bits per heavy atom. The highest BCUT2D eigenvalue weighted by Gasteiger charge is 2.18. The highest BCUT2D eigenvalue weighted by Crippen LogP contribution is 2.18. The number of hydrogen-bond acceptors (Lipinski definition) is 3. The van der Waals surface area contributed by atoms with E-state index in [4.69, 9.17) is 12.2 Å². The lowest BCUT2D eigenvalue weighted by molar-refractivity contribution is -0.122. The molecule has 4 N–H and O–H groups in total. The smallest absolute Gasteiger partial charge is 0.254 e. The number of aromatic amines is 2. The molecule has 0 saturated carbocycles. The number of H-pyrrole nitrogens is 2. The maximum Gasteiger partial charge on any atom is 0.254 e. The number of carbonyl (C=O) groups excluding carboxylic acids is 2. The molecule has 1 heterocycles. The van der Waals surface area contributed by atoms with Crippen LogP contribution >= 0.6 is 12.2 Å². The molecule has 0 bridgehead atoms. The summed E-state index contributed by atoms with van der Waals surface area (Å²) in [5, 5.41) is 4.91. The largest absolute Gasteiger partial charge is 0.357 e. The summed E-state index contributed by atoms with van der Waals surface area (Å²) >= 11 is 4.92. The van der Waals surface area contributed by atoms with Crippen LogP contribution in [0.1, 0.15) is 17.3 Å². The summed E-state index contributed by atoms with van der Waals surface area (Å²) < 4.78 is 13.8. The van der Waals surface area contributed by atoms with Gasteiger partial charge >= 0.3 is 0 Å². The number of nitrogens with one attached hydrogen (secondary N) is 4. The van der Waals surface area contributed by atoms with Gasteiger partial charge in [-0.1, -0.05) is 0 Å². The molecule has 2 amide bonds. The molecule has 6 nitrogen and oxygen atoms in total. The minimum Gasteiger partial charge on any atom is -0.357 e. The highest BCUT2D eigenvalue weighted by molar-refractivity contribution is 7.71. The highest BCUT2D eigenvalue weighted by atomic mass is 32.1. The third-order valence-corrected chi connectivity index (χ3v) is 3.03. The Balaban J connectivity index is 2.39. The molecular weight excluding hydrogens is 283 g/mol. The lowest BCUT2D eigenvalue weighted by Gasteiger charge is -2.12. The van der Waals surface area contributed by atoms with Gasteiger partial charge in [-0.3, -0.25) is 9.59 Å². The van der Waals surface area contributed by atoms with E-state index in [0.717, 1.165) is 6.07 Å². The van der Waals surface area contributed by atoms with E-state index in [1.54, 1.807) is 0 Å². The molecule has 20 heavy (non-hydrogen) atoms. The number of halogens is 1. The number of aromatic nitrogens is 2. The Labute approximate surface area is 118 Å². The Hall–Kier alpha value is -2.22. The van der Waals surface area contributed by atoms with E-state index in [9.17, 15) is 14.0 Å².